The van der Waals surface area contributed by atoms with E-state index >= 15 is 0 Å². The number of aryl methyl sites for hydroxylation is 1. The fourth-order valence-corrected chi connectivity index (χ4v) is 6.07. The van der Waals surface area contributed by atoms with Gasteiger partial charge in [-0.25, -0.2) is 8.42 Å². The average molecular weight is 445 g/mol. The third kappa shape index (κ3) is 4.53. The van der Waals surface area contributed by atoms with E-state index in [0.29, 0.717) is 37.0 Å². The Balaban J connectivity index is 1.36. The minimum Gasteiger partial charge on any atom is -0.356 e. The van der Waals surface area contributed by atoms with Crippen LogP contribution >= 0.6 is 11.7 Å². The summed E-state index contributed by atoms with van der Waals surface area (Å²) in [6.45, 7) is 1.19. The van der Waals surface area contributed by atoms with Crippen molar-refractivity contribution in [2.24, 2.45) is 5.92 Å². The molecular weight excluding hydrogens is 420 g/mol. The van der Waals surface area contributed by atoms with Gasteiger partial charge >= 0.3 is 0 Å². The van der Waals surface area contributed by atoms with E-state index in [1.165, 1.54) is 9.87 Å². The fourth-order valence-electron chi connectivity index (χ4n) is 3.80. The molecule has 2 aromatic carbocycles. The third-order valence-electron chi connectivity index (χ3n) is 5.41. The summed E-state index contributed by atoms with van der Waals surface area (Å²) >= 11 is 0.998. The van der Waals surface area contributed by atoms with Crippen LogP contribution in [0.2, 0.25) is 0 Å². The fraction of sp³-hybridized carbons (Fsp3) is 0.381. The summed E-state index contributed by atoms with van der Waals surface area (Å²) in [6, 6.07) is 15.1. The van der Waals surface area contributed by atoms with Gasteiger partial charge < -0.3 is 5.32 Å². The number of nitrogens with zero attached hydrogens (tertiary/aromatic N) is 3. The Hall–Kier alpha value is -2.36. The maximum atomic E-state index is 13.2. The van der Waals surface area contributed by atoms with Crippen LogP contribution in [0.25, 0.3) is 11.0 Å². The van der Waals surface area contributed by atoms with Gasteiger partial charge in [0.25, 0.3) is 0 Å². The maximum Gasteiger partial charge on any atom is 0.245 e. The van der Waals surface area contributed by atoms with Gasteiger partial charge in [-0.1, -0.05) is 36.4 Å². The summed E-state index contributed by atoms with van der Waals surface area (Å²) in [5.41, 5.74) is 2.22. The molecule has 1 N–H and O–H groups in total. The first kappa shape index (κ1) is 20.9. The monoisotopic (exact) mass is 444 g/mol. The lowest BCUT2D eigenvalue weighted by atomic mass is 9.99. The van der Waals surface area contributed by atoms with Crippen molar-refractivity contribution in [1.82, 2.24) is 18.4 Å². The summed E-state index contributed by atoms with van der Waals surface area (Å²) in [7, 11) is -3.73. The number of fused-ring (bicyclic) bond motifs is 1. The molecule has 3 aromatic rings. The molecule has 30 heavy (non-hydrogen) atoms. The molecule has 1 aromatic heterocycles. The number of sulfonamides is 1. The molecule has 1 saturated heterocycles. The lowest BCUT2D eigenvalue weighted by molar-refractivity contribution is -0.126. The van der Waals surface area contributed by atoms with Crippen molar-refractivity contribution in [3.05, 3.63) is 54.1 Å². The number of amides is 1. The van der Waals surface area contributed by atoms with Crippen molar-refractivity contribution in [2.45, 2.75) is 30.6 Å². The highest BCUT2D eigenvalue weighted by Gasteiger charge is 2.34. The molecule has 1 aliphatic heterocycles. The molecule has 0 bridgehead atoms. The van der Waals surface area contributed by atoms with Crippen molar-refractivity contribution >= 4 is 38.7 Å². The molecule has 1 fully saturated rings. The average Bonchev–Trinajstić information content (AvgIpc) is 3.26. The van der Waals surface area contributed by atoms with Gasteiger partial charge in [-0.3, -0.25) is 4.79 Å². The van der Waals surface area contributed by atoms with E-state index in [2.05, 4.69) is 26.2 Å². The zero-order valence-corrected chi connectivity index (χ0v) is 18.2. The summed E-state index contributed by atoms with van der Waals surface area (Å²) in [5.74, 6) is -0.408. The molecular formula is C21H24N4O3S2. The van der Waals surface area contributed by atoms with E-state index < -0.39 is 10.0 Å². The molecule has 158 valence electrons. The number of carbonyl (C=O) groups is 1. The van der Waals surface area contributed by atoms with Gasteiger partial charge in [-0.2, -0.15) is 13.1 Å². The van der Waals surface area contributed by atoms with Crippen molar-refractivity contribution in [3.63, 3.8) is 0 Å². The maximum absolute atomic E-state index is 13.2. The highest BCUT2D eigenvalue weighted by atomic mass is 32.2. The number of piperidine rings is 1. The van der Waals surface area contributed by atoms with Gasteiger partial charge in [0.15, 0.2) is 0 Å². The standard InChI is InChI=1S/C21H24N4O3S2/c26-21(22-13-5-9-16-7-2-1-3-8-16)17-10-6-14-25(15-17)30(27,28)19-12-4-11-18-20(19)24-29-23-18/h1-4,7-8,11-12,17H,5-6,9-10,13-15H2,(H,22,26)/t17-/m0/s1. The van der Waals surface area contributed by atoms with Crippen LogP contribution in [0.1, 0.15) is 24.8 Å². The van der Waals surface area contributed by atoms with Gasteiger partial charge in [0.1, 0.15) is 15.9 Å². The highest BCUT2D eigenvalue weighted by Crippen LogP contribution is 2.28. The number of benzene rings is 2. The zero-order valence-electron chi connectivity index (χ0n) is 16.5. The largest absolute Gasteiger partial charge is 0.356 e. The Labute approximate surface area is 180 Å². The van der Waals surface area contributed by atoms with E-state index in [1.807, 2.05) is 18.2 Å². The Bertz CT molecular complexity index is 1120. The molecule has 4 rings (SSSR count). The Morgan fingerprint density at radius 1 is 1.13 bits per heavy atom. The van der Waals surface area contributed by atoms with E-state index in [4.69, 9.17) is 0 Å². The molecule has 0 radical (unpaired) electrons. The van der Waals surface area contributed by atoms with Crippen molar-refractivity contribution in [1.29, 1.82) is 0 Å². The normalized spacial score (nSPS) is 17.8. The van der Waals surface area contributed by atoms with Crippen molar-refractivity contribution in [3.8, 4) is 0 Å². The van der Waals surface area contributed by atoms with Crippen LogP contribution < -0.4 is 5.32 Å². The van der Waals surface area contributed by atoms with E-state index in [9.17, 15) is 13.2 Å². The number of nitrogens with one attached hydrogen (secondary N) is 1. The lowest BCUT2D eigenvalue weighted by Gasteiger charge is -2.31. The van der Waals surface area contributed by atoms with E-state index in [0.717, 1.165) is 24.6 Å². The van der Waals surface area contributed by atoms with Gasteiger partial charge in [0.05, 0.1) is 17.6 Å². The Morgan fingerprint density at radius 2 is 1.97 bits per heavy atom. The summed E-state index contributed by atoms with van der Waals surface area (Å²) < 4.78 is 36.1. The Morgan fingerprint density at radius 3 is 2.80 bits per heavy atom. The van der Waals surface area contributed by atoms with Crippen LogP contribution in [0.5, 0.6) is 0 Å². The van der Waals surface area contributed by atoms with Gasteiger partial charge in [0, 0.05) is 19.6 Å². The van der Waals surface area contributed by atoms with Crippen molar-refractivity contribution in [2.75, 3.05) is 19.6 Å². The second-order valence-electron chi connectivity index (χ2n) is 7.47. The van der Waals surface area contributed by atoms with Crippen LogP contribution in [0.15, 0.2) is 53.4 Å². The first-order valence-corrected chi connectivity index (χ1v) is 12.3. The topological polar surface area (TPSA) is 92.3 Å². The molecule has 0 aliphatic carbocycles. The second kappa shape index (κ2) is 9.20. The minimum absolute atomic E-state index is 0.0727. The Kier molecular flexibility index (Phi) is 6.40. The molecule has 1 atom stereocenters. The first-order chi connectivity index (χ1) is 14.6. The number of aromatic nitrogens is 2. The minimum atomic E-state index is -3.73. The molecule has 1 aliphatic rings. The predicted molar refractivity (Wildman–Crippen MR) is 117 cm³/mol. The summed E-state index contributed by atoms with van der Waals surface area (Å²) in [5, 5.41) is 2.98. The smallest absolute Gasteiger partial charge is 0.245 e. The zero-order chi connectivity index (χ0) is 21.0. The van der Waals surface area contributed by atoms with E-state index in [1.54, 1.807) is 18.2 Å². The number of hydrogen-bond donors (Lipinski definition) is 1. The third-order valence-corrected chi connectivity index (χ3v) is 7.85. The second-order valence-corrected chi connectivity index (χ2v) is 9.91. The first-order valence-electron chi connectivity index (χ1n) is 10.1. The van der Waals surface area contributed by atoms with Gasteiger partial charge in [-0.15, -0.1) is 0 Å². The molecule has 9 heteroatoms. The van der Waals surface area contributed by atoms with E-state index in [-0.39, 0.29) is 23.3 Å². The number of hydrogen-bond acceptors (Lipinski definition) is 6. The van der Waals surface area contributed by atoms with Crippen LogP contribution in [-0.2, 0) is 21.2 Å². The number of rotatable bonds is 7. The molecule has 7 nitrogen and oxygen atoms in total. The quantitative estimate of drug-likeness (QED) is 0.566. The van der Waals surface area contributed by atoms with Crippen LogP contribution in [-0.4, -0.2) is 47.0 Å². The van der Waals surface area contributed by atoms with Gasteiger partial charge in [0.2, 0.25) is 15.9 Å². The van der Waals surface area contributed by atoms with Crippen LogP contribution in [0.4, 0.5) is 0 Å². The molecule has 1 amide bonds. The molecule has 0 spiro atoms. The molecule has 0 unspecified atom stereocenters. The molecule has 0 saturated carbocycles. The SMILES string of the molecule is O=C(NCCCc1ccccc1)[C@H]1CCCN(S(=O)(=O)c2cccc3nsnc23)C1. The highest BCUT2D eigenvalue weighted by molar-refractivity contribution is 7.89. The van der Waals surface area contributed by atoms with Crippen LogP contribution in [0, 0.1) is 5.92 Å². The van der Waals surface area contributed by atoms with Gasteiger partial charge in [-0.05, 0) is 43.4 Å². The van der Waals surface area contributed by atoms with Crippen LogP contribution in [0.3, 0.4) is 0 Å². The molecule has 2 heterocycles. The summed E-state index contributed by atoms with van der Waals surface area (Å²) in [6.07, 6.45) is 3.10. The number of carbonyl (C=O) groups excluding carboxylic acids is 1. The summed E-state index contributed by atoms with van der Waals surface area (Å²) in [4.78, 5) is 12.8. The predicted octanol–water partition coefficient (Wildman–Crippen LogP) is 2.84. The van der Waals surface area contributed by atoms with Crippen molar-refractivity contribution < 1.29 is 13.2 Å². The lowest BCUT2D eigenvalue weighted by Crippen LogP contribution is -2.45.